The second-order valence-corrected chi connectivity index (χ2v) is 2.91. The van der Waals surface area contributed by atoms with Crippen molar-refractivity contribution in [3.05, 3.63) is 35.4 Å². The third kappa shape index (κ3) is 2.46. The van der Waals surface area contributed by atoms with Crippen LogP contribution in [0.1, 0.15) is 17.2 Å². The molecule has 0 amide bonds. The van der Waals surface area contributed by atoms with E-state index in [-0.39, 0.29) is 12.2 Å². The Morgan fingerprint density at radius 2 is 2.00 bits per heavy atom. The highest BCUT2D eigenvalue weighted by Gasteiger charge is 2.30. The third-order valence-corrected chi connectivity index (χ3v) is 1.84. The molecule has 0 aliphatic rings. The van der Waals surface area contributed by atoms with Crippen LogP contribution in [0.2, 0.25) is 0 Å². The smallest absolute Gasteiger partial charge is 0.394 e. The molecular formula is C9H10F3NO. The summed E-state index contributed by atoms with van der Waals surface area (Å²) in [6, 6.07) is 3.87. The second kappa shape index (κ2) is 3.98. The molecule has 78 valence electrons. The van der Waals surface area contributed by atoms with E-state index in [1.807, 2.05) is 0 Å². The Kier molecular flexibility index (Phi) is 3.13. The first-order valence-electron chi connectivity index (χ1n) is 3.98. The Balaban J connectivity index is 3.01. The van der Waals surface area contributed by atoms with Gasteiger partial charge in [0.15, 0.2) is 0 Å². The van der Waals surface area contributed by atoms with Crippen molar-refractivity contribution in [2.45, 2.75) is 12.2 Å². The quantitative estimate of drug-likeness (QED) is 0.771. The number of hydrogen-bond acceptors (Lipinski definition) is 2. The lowest BCUT2D eigenvalue weighted by atomic mass is 10.1. The molecule has 1 aromatic carbocycles. The van der Waals surface area contributed by atoms with Crippen LogP contribution < -0.4 is 5.73 Å². The molecular weight excluding hydrogens is 195 g/mol. The van der Waals surface area contributed by atoms with Gasteiger partial charge in [-0.1, -0.05) is 12.1 Å². The van der Waals surface area contributed by atoms with E-state index in [1.54, 1.807) is 0 Å². The Morgan fingerprint density at radius 3 is 2.50 bits per heavy atom. The highest BCUT2D eigenvalue weighted by Crippen LogP contribution is 2.30. The SMILES string of the molecule is N[C@@H](CO)c1cccc(C(F)(F)F)c1. The van der Waals surface area contributed by atoms with Gasteiger partial charge in [0.25, 0.3) is 0 Å². The normalized spacial score (nSPS) is 14.1. The molecule has 0 spiro atoms. The van der Waals surface area contributed by atoms with Gasteiger partial charge in [0.05, 0.1) is 18.2 Å². The van der Waals surface area contributed by atoms with Crippen molar-refractivity contribution in [3.8, 4) is 0 Å². The van der Waals surface area contributed by atoms with E-state index in [0.29, 0.717) is 0 Å². The fourth-order valence-electron chi connectivity index (χ4n) is 1.05. The lowest BCUT2D eigenvalue weighted by Crippen LogP contribution is -2.15. The maximum Gasteiger partial charge on any atom is 0.416 e. The lowest BCUT2D eigenvalue weighted by Gasteiger charge is -2.11. The summed E-state index contributed by atoms with van der Waals surface area (Å²) in [4.78, 5) is 0. The molecule has 0 heterocycles. The van der Waals surface area contributed by atoms with Crippen LogP contribution in [-0.4, -0.2) is 11.7 Å². The van der Waals surface area contributed by atoms with Crippen molar-refractivity contribution in [2.75, 3.05) is 6.61 Å². The van der Waals surface area contributed by atoms with Crippen LogP contribution in [0.4, 0.5) is 13.2 Å². The van der Waals surface area contributed by atoms with Crippen molar-refractivity contribution in [3.63, 3.8) is 0 Å². The Morgan fingerprint density at radius 1 is 1.36 bits per heavy atom. The first kappa shape index (κ1) is 11.0. The summed E-state index contributed by atoms with van der Waals surface area (Å²) in [5, 5.41) is 8.68. The van der Waals surface area contributed by atoms with Crippen LogP contribution in [0.15, 0.2) is 24.3 Å². The van der Waals surface area contributed by atoms with Crippen LogP contribution in [0.3, 0.4) is 0 Å². The van der Waals surface area contributed by atoms with Crippen LogP contribution in [0, 0.1) is 0 Å². The number of nitrogens with two attached hydrogens (primary N) is 1. The number of aliphatic hydroxyl groups is 1. The second-order valence-electron chi connectivity index (χ2n) is 2.91. The maximum absolute atomic E-state index is 12.2. The van der Waals surface area contributed by atoms with E-state index in [9.17, 15) is 13.2 Å². The summed E-state index contributed by atoms with van der Waals surface area (Å²) in [5.74, 6) is 0. The fraction of sp³-hybridized carbons (Fsp3) is 0.333. The topological polar surface area (TPSA) is 46.2 Å². The van der Waals surface area contributed by atoms with E-state index >= 15 is 0 Å². The number of hydrogen-bond donors (Lipinski definition) is 2. The Hall–Kier alpha value is -1.07. The summed E-state index contributed by atoms with van der Waals surface area (Å²) in [6.07, 6.45) is -4.37. The molecule has 14 heavy (non-hydrogen) atoms. The first-order chi connectivity index (χ1) is 6.45. The third-order valence-electron chi connectivity index (χ3n) is 1.84. The molecule has 0 aliphatic carbocycles. The zero-order valence-corrected chi connectivity index (χ0v) is 7.25. The molecule has 0 saturated carbocycles. The molecule has 0 fully saturated rings. The van der Waals surface area contributed by atoms with Gasteiger partial charge in [0, 0.05) is 0 Å². The average molecular weight is 205 g/mol. The summed E-state index contributed by atoms with van der Waals surface area (Å²) in [5.41, 5.74) is 4.92. The van der Waals surface area contributed by atoms with E-state index < -0.39 is 17.8 Å². The molecule has 0 radical (unpaired) electrons. The number of benzene rings is 1. The van der Waals surface area contributed by atoms with Crippen LogP contribution in [0.5, 0.6) is 0 Å². The molecule has 0 aliphatic heterocycles. The minimum atomic E-state index is -4.37. The van der Waals surface area contributed by atoms with Crippen molar-refractivity contribution in [1.29, 1.82) is 0 Å². The minimum Gasteiger partial charge on any atom is -0.394 e. The number of halogens is 3. The monoisotopic (exact) mass is 205 g/mol. The molecule has 2 nitrogen and oxygen atoms in total. The van der Waals surface area contributed by atoms with Crippen LogP contribution in [-0.2, 0) is 6.18 Å². The van der Waals surface area contributed by atoms with Gasteiger partial charge in [0.2, 0.25) is 0 Å². The van der Waals surface area contributed by atoms with Gasteiger partial charge in [-0.15, -0.1) is 0 Å². The van der Waals surface area contributed by atoms with Gasteiger partial charge >= 0.3 is 6.18 Å². The average Bonchev–Trinajstić information content (AvgIpc) is 2.15. The maximum atomic E-state index is 12.2. The molecule has 0 aromatic heterocycles. The summed E-state index contributed by atoms with van der Waals surface area (Å²) < 4.78 is 36.7. The van der Waals surface area contributed by atoms with E-state index in [2.05, 4.69) is 0 Å². The molecule has 1 atom stereocenters. The summed E-state index contributed by atoms with van der Waals surface area (Å²) >= 11 is 0. The standard InChI is InChI=1S/C9H10F3NO/c10-9(11,12)7-3-1-2-6(4-7)8(13)5-14/h1-4,8,14H,5,13H2/t8-/m0/s1. The Bertz CT molecular complexity index is 311. The molecule has 0 unspecified atom stereocenters. The predicted molar refractivity (Wildman–Crippen MR) is 45.5 cm³/mol. The molecule has 5 heteroatoms. The summed E-state index contributed by atoms with van der Waals surface area (Å²) in [6.45, 7) is -0.374. The van der Waals surface area contributed by atoms with Gasteiger partial charge in [-0.25, -0.2) is 0 Å². The largest absolute Gasteiger partial charge is 0.416 e. The lowest BCUT2D eigenvalue weighted by molar-refractivity contribution is -0.137. The van der Waals surface area contributed by atoms with Crippen molar-refractivity contribution in [2.24, 2.45) is 5.73 Å². The molecule has 3 N–H and O–H groups in total. The van der Waals surface area contributed by atoms with Crippen molar-refractivity contribution in [1.82, 2.24) is 0 Å². The number of rotatable bonds is 2. The molecule has 0 saturated heterocycles. The molecule has 0 bridgehead atoms. The highest BCUT2D eigenvalue weighted by molar-refractivity contribution is 5.27. The van der Waals surface area contributed by atoms with Crippen molar-refractivity contribution < 1.29 is 18.3 Å². The van der Waals surface area contributed by atoms with Crippen LogP contribution in [0.25, 0.3) is 0 Å². The van der Waals surface area contributed by atoms with Gasteiger partial charge in [-0.05, 0) is 17.7 Å². The highest BCUT2D eigenvalue weighted by atomic mass is 19.4. The zero-order valence-electron chi connectivity index (χ0n) is 7.25. The predicted octanol–water partition coefficient (Wildman–Crippen LogP) is 1.70. The van der Waals surface area contributed by atoms with Crippen LogP contribution >= 0.6 is 0 Å². The van der Waals surface area contributed by atoms with E-state index in [0.717, 1.165) is 12.1 Å². The molecule has 1 aromatic rings. The minimum absolute atomic E-state index is 0.280. The van der Waals surface area contributed by atoms with Gasteiger partial charge in [-0.3, -0.25) is 0 Å². The summed E-state index contributed by atoms with van der Waals surface area (Å²) in [7, 11) is 0. The van der Waals surface area contributed by atoms with E-state index in [4.69, 9.17) is 10.8 Å². The molecule has 1 rings (SSSR count). The fourth-order valence-corrected chi connectivity index (χ4v) is 1.05. The van der Waals surface area contributed by atoms with Gasteiger partial charge < -0.3 is 10.8 Å². The van der Waals surface area contributed by atoms with Crippen molar-refractivity contribution >= 4 is 0 Å². The van der Waals surface area contributed by atoms with Gasteiger partial charge in [0.1, 0.15) is 0 Å². The number of alkyl halides is 3. The zero-order chi connectivity index (χ0) is 10.8. The van der Waals surface area contributed by atoms with Gasteiger partial charge in [-0.2, -0.15) is 13.2 Å². The van der Waals surface area contributed by atoms with E-state index in [1.165, 1.54) is 12.1 Å². The first-order valence-corrected chi connectivity index (χ1v) is 3.98. The Labute approximate surface area is 79.2 Å². The number of aliphatic hydroxyl groups excluding tert-OH is 1.